The van der Waals surface area contributed by atoms with Crippen molar-refractivity contribution in [3.8, 4) is 0 Å². The van der Waals surface area contributed by atoms with Crippen molar-refractivity contribution in [2.24, 2.45) is 0 Å². The molecule has 2 saturated carbocycles. The van der Waals surface area contributed by atoms with Crippen molar-refractivity contribution < 1.29 is 18.6 Å². The van der Waals surface area contributed by atoms with Crippen LogP contribution in [-0.4, -0.2) is 67.6 Å². The molecule has 11 heteroatoms. The Bertz CT molecular complexity index is 1230. The molecule has 3 N–H and O–H groups in total. The van der Waals surface area contributed by atoms with E-state index in [0.717, 1.165) is 6.42 Å². The van der Waals surface area contributed by atoms with Gasteiger partial charge in [0.2, 0.25) is 9.84 Å². The molecule has 2 unspecified atom stereocenters. The summed E-state index contributed by atoms with van der Waals surface area (Å²) < 4.78 is 27.0. The van der Waals surface area contributed by atoms with Crippen molar-refractivity contribution in [2.75, 3.05) is 11.1 Å². The summed E-state index contributed by atoms with van der Waals surface area (Å²) in [6.07, 6.45) is 0.367. The van der Waals surface area contributed by atoms with Gasteiger partial charge in [-0.3, -0.25) is 0 Å². The molecule has 10 nitrogen and oxygen atoms in total. The topological polar surface area (TPSA) is 143 Å². The highest BCUT2D eigenvalue weighted by Gasteiger charge is 2.40. The van der Waals surface area contributed by atoms with Gasteiger partial charge in [0.1, 0.15) is 6.10 Å². The fraction of sp³-hybridized carbons (Fsp3) is 0.524. The normalized spacial score (nSPS) is 27.7. The van der Waals surface area contributed by atoms with E-state index < -0.39 is 28.1 Å². The van der Waals surface area contributed by atoms with Crippen LogP contribution in [0, 0.1) is 0 Å². The number of nitrogens with zero attached hydrogens (tertiary/aromatic N) is 5. The molecule has 2 aromatic heterocycles. The van der Waals surface area contributed by atoms with Gasteiger partial charge in [-0.15, -0.1) is 5.10 Å². The first-order valence-corrected chi connectivity index (χ1v) is 12.6. The first-order valence-electron chi connectivity index (χ1n) is 10.9. The zero-order valence-electron chi connectivity index (χ0n) is 17.7. The molecule has 0 aliphatic heterocycles. The molecule has 5 atom stereocenters. The quantitative estimate of drug-likeness (QED) is 0.448. The molecular formula is C21H26N6O4S. The summed E-state index contributed by atoms with van der Waals surface area (Å²) in [6, 6.07) is 9.68. The number of fused-ring (bicyclic) bond motifs is 1. The summed E-state index contributed by atoms with van der Waals surface area (Å²) >= 11 is 0. The SMILES string of the molecule is CCCS(=O)(=O)c1nc(NC2CC2c2ccccc2)c2nnn([C@@H]3CC[C@@H](O)[C@H]3O)c2n1. The molecule has 5 rings (SSSR count). The van der Waals surface area contributed by atoms with E-state index in [0.29, 0.717) is 36.5 Å². The van der Waals surface area contributed by atoms with Gasteiger partial charge in [0.25, 0.3) is 5.16 Å². The summed E-state index contributed by atoms with van der Waals surface area (Å²) in [4.78, 5) is 8.64. The maximum atomic E-state index is 12.8. The van der Waals surface area contributed by atoms with E-state index in [1.165, 1.54) is 10.2 Å². The molecule has 3 aromatic rings. The average Bonchev–Trinajstić information content (AvgIpc) is 3.29. The molecular weight excluding hydrogens is 432 g/mol. The summed E-state index contributed by atoms with van der Waals surface area (Å²) in [6.45, 7) is 1.78. The minimum atomic E-state index is -3.69. The van der Waals surface area contributed by atoms with Crippen molar-refractivity contribution >= 4 is 26.8 Å². The van der Waals surface area contributed by atoms with E-state index in [4.69, 9.17) is 0 Å². The number of aliphatic hydroxyl groups is 2. The number of nitrogens with one attached hydrogen (secondary N) is 1. The number of rotatable bonds is 7. The van der Waals surface area contributed by atoms with E-state index in [1.807, 2.05) is 18.2 Å². The highest BCUT2D eigenvalue weighted by atomic mass is 32.2. The summed E-state index contributed by atoms with van der Waals surface area (Å²) in [5.74, 6) is 0.562. The first kappa shape index (κ1) is 21.2. The van der Waals surface area contributed by atoms with Crippen LogP contribution in [0.1, 0.15) is 50.1 Å². The Balaban J connectivity index is 1.54. The predicted molar refractivity (Wildman–Crippen MR) is 117 cm³/mol. The first-order chi connectivity index (χ1) is 15.4. The molecule has 170 valence electrons. The van der Waals surface area contributed by atoms with Gasteiger partial charge in [0.05, 0.1) is 17.9 Å². The molecule has 2 heterocycles. The van der Waals surface area contributed by atoms with Crippen LogP contribution < -0.4 is 5.32 Å². The zero-order valence-corrected chi connectivity index (χ0v) is 18.5. The predicted octanol–water partition coefficient (Wildman–Crippen LogP) is 1.43. The van der Waals surface area contributed by atoms with Crippen LogP contribution in [0.15, 0.2) is 35.5 Å². The number of aliphatic hydroxyl groups excluding tert-OH is 2. The number of hydrogen-bond acceptors (Lipinski definition) is 9. The van der Waals surface area contributed by atoms with Crippen LogP contribution in [0.25, 0.3) is 11.2 Å². The Labute approximate surface area is 185 Å². The van der Waals surface area contributed by atoms with Crippen molar-refractivity contribution in [2.45, 2.75) is 68.0 Å². The molecule has 0 amide bonds. The van der Waals surface area contributed by atoms with E-state index in [9.17, 15) is 18.6 Å². The van der Waals surface area contributed by atoms with Crippen molar-refractivity contribution in [1.29, 1.82) is 0 Å². The van der Waals surface area contributed by atoms with Gasteiger partial charge in [-0.1, -0.05) is 42.5 Å². The minimum Gasteiger partial charge on any atom is -0.390 e. The maximum Gasteiger partial charge on any atom is 0.251 e. The largest absolute Gasteiger partial charge is 0.390 e. The van der Waals surface area contributed by atoms with Gasteiger partial charge >= 0.3 is 0 Å². The monoisotopic (exact) mass is 458 g/mol. The van der Waals surface area contributed by atoms with Crippen LogP contribution in [0.2, 0.25) is 0 Å². The zero-order chi connectivity index (χ0) is 22.5. The second kappa shape index (κ2) is 8.05. The summed E-state index contributed by atoms with van der Waals surface area (Å²) in [5, 5.41) is 31.8. The number of hydrogen-bond donors (Lipinski definition) is 3. The van der Waals surface area contributed by atoms with Gasteiger partial charge in [-0.05, 0) is 31.2 Å². The van der Waals surface area contributed by atoms with Crippen molar-refractivity contribution in [3.63, 3.8) is 0 Å². The number of sulfone groups is 1. The molecule has 0 saturated heterocycles. The van der Waals surface area contributed by atoms with Crippen LogP contribution in [0.3, 0.4) is 0 Å². The lowest BCUT2D eigenvalue weighted by molar-refractivity contribution is 0.0215. The van der Waals surface area contributed by atoms with Crippen molar-refractivity contribution in [1.82, 2.24) is 25.0 Å². The average molecular weight is 459 g/mol. The second-order valence-electron chi connectivity index (χ2n) is 8.59. The Hall–Kier alpha value is -2.63. The highest BCUT2D eigenvalue weighted by Crippen LogP contribution is 2.43. The lowest BCUT2D eigenvalue weighted by Crippen LogP contribution is -2.28. The lowest BCUT2D eigenvalue weighted by Gasteiger charge is -2.17. The van der Waals surface area contributed by atoms with Gasteiger partial charge in [0.15, 0.2) is 17.0 Å². The molecule has 2 aliphatic rings. The molecule has 1 aromatic carbocycles. The van der Waals surface area contributed by atoms with Crippen LogP contribution >= 0.6 is 0 Å². The van der Waals surface area contributed by atoms with Crippen molar-refractivity contribution in [3.05, 3.63) is 35.9 Å². The molecule has 2 fully saturated rings. The lowest BCUT2D eigenvalue weighted by atomic mass is 10.1. The number of anilines is 1. The Morgan fingerprint density at radius 1 is 1.16 bits per heavy atom. The van der Waals surface area contributed by atoms with E-state index >= 15 is 0 Å². The minimum absolute atomic E-state index is 0.0691. The highest BCUT2D eigenvalue weighted by molar-refractivity contribution is 7.91. The third kappa shape index (κ3) is 3.74. The third-order valence-electron chi connectivity index (χ3n) is 6.26. The van der Waals surface area contributed by atoms with E-state index in [2.05, 4.69) is 37.7 Å². The molecule has 32 heavy (non-hydrogen) atoms. The number of benzene rings is 1. The maximum absolute atomic E-state index is 12.8. The second-order valence-corrected chi connectivity index (χ2v) is 10.6. The van der Waals surface area contributed by atoms with Crippen LogP contribution in [0.5, 0.6) is 0 Å². The molecule has 0 bridgehead atoms. The standard InChI is InChI=1S/C21H26N6O4S/c1-2-10-32(30,31)21-23-19(22-14-11-13(14)12-6-4-3-5-7-12)17-20(24-21)27(26-25-17)15-8-9-16(28)18(15)29/h3-7,13-16,18,28-29H,2,8-11H2,1H3,(H,22,23,24)/t13?,14?,15-,16-,18+/m1/s1. The van der Waals surface area contributed by atoms with Gasteiger partial charge in [-0.2, -0.15) is 9.97 Å². The van der Waals surface area contributed by atoms with E-state index in [-0.39, 0.29) is 22.6 Å². The summed E-state index contributed by atoms with van der Waals surface area (Å²) in [7, 11) is -3.69. The van der Waals surface area contributed by atoms with Crippen LogP contribution in [-0.2, 0) is 9.84 Å². The van der Waals surface area contributed by atoms with Gasteiger partial charge in [-0.25, -0.2) is 13.1 Å². The fourth-order valence-electron chi connectivity index (χ4n) is 4.44. The Morgan fingerprint density at radius 3 is 2.62 bits per heavy atom. The molecule has 2 aliphatic carbocycles. The Kier molecular flexibility index (Phi) is 5.34. The van der Waals surface area contributed by atoms with Gasteiger partial charge < -0.3 is 15.5 Å². The fourth-order valence-corrected chi connectivity index (χ4v) is 5.61. The molecule has 0 radical (unpaired) electrons. The smallest absolute Gasteiger partial charge is 0.251 e. The van der Waals surface area contributed by atoms with Gasteiger partial charge in [0, 0.05) is 12.0 Å². The molecule has 0 spiro atoms. The summed E-state index contributed by atoms with van der Waals surface area (Å²) in [5.41, 5.74) is 1.81. The van der Waals surface area contributed by atoms with E-state index in [1.54, 1.807) is 6.92 Å². The third-order valence-corrected chi connectivity index (χ3v) is 7.94. The Morgan fingerprint density at radius 2 is 1.94 bits per heavy atom. The number of aromatic nitrogens is 5. The van der Waals surface area contributed by atoms with Crippen LogP contribution in [0.4, 0.5) is 5.82 Å².